The van der Waals surface area contributed by atoms with E-state index in [1.165, 1.54) is 64.2 Å². The number of methoxy groups -OCH3 is 1. The number of hydrogen-bond donors (Lipinski definition) is 1. The Morgan fingerprint density at radius 1 is 0.889 bits per heavy atom. The second-order valence-electron chi connectivity index (χ2n) is 6.42. The molecule has 106 valence electrons. The van der Waals surface area contributed by atoms with Crippen molar-refractivity contribution in [1.82, 2.24) is 5.32 Å². The van der Waals surface area contributed by atoms with Crippen molar-refractivity contribution in [2.45, 2.75) is 89.3 Å². The lowest BCUT2D eigenvalue weighted by Gasteiger charge is -2.33. The smallest absolute Gasteiger partial charge is 0.0572 e. The lowest BCUT2D eigenvalue weighted by Crippen LogP contribution is -2.43. The summed E-state index contributed by atoms with van der Waals surface area (Å²) in [6, 6.07) is 1.46. The molecule has 2 nitrogen and oxygen atoms in total. The van der Waals surface area contributed by atoms with Gasteiger partial charge in [0.05, 0.1) is 6.10 Å². The summed E-state index contributed by atoms with van der Waals surface area (Å²) >= 11 is 0. The van der Waals surface area contributed by atoms with Gasteiger partial charge < -0.3 is 10.1 Å². The molecule has 18 heavy (non-hydrogen) atoms. The van der Waals surface area contributed by atoms with E-state index in [1.54, 1.807) is 0 Å². The summed E-state index contributed by atoms with van der Waals surface area (Å²) in [5.41, 5.74) is 0. The average molecular weight is 253 g/mol. The van der Waals surface area contributed by atoms with Gasteiger partial charge in [0.25, 0.3) is 0 Å². The van der Waals surface area contributed by atoms with Crippen molar-refractivity contribution in [3.05, 3.63) is 0 Å². The summed E-state index contributed by atoms with van der Waals surface area (Å²) < 4.78 is 5.45. The number of rotatable bonds is 4. The molecule has 0 heterocycles. The van der Waals surface area contributed by atoms with Crippen LogP contribution in [0.2, 0.25) is 0 Å². The van der Waals surface area contributed by atoms with Gasteiger partial charge in [0, 0.05) is 19.2 Å². The topological polar surface area (TPSA) is 21.3 Å². The molecular weight excluding hydrogens is 222 g/mol. The van der Waals surface area contributed by atoms with Gasteiger partial charge in [-0.1, -0.05) is 25.7 Å². The van der Waals surface area contributed by atoms with Gasteiger partial charge in [-0.15, -0.1) is 0 Å². The van der Waals surface area contributed by atoms with Crippen molar-refractivity contribution >= 4 is 0 Å². The lowest BCUT2D eigenvalue weighted by atomic mass is 9.89. The van der Waals surface area contributed by atoms with Gasteiger partial charge in [-0.2, -0.15) is 0 Å². The highest BCUT2D eigenvalue weighted by Crippen LogP contribution is 2.27. The molecule has 0 bridgehead atoms. The van der Waals surface area contributed by atoms with Gasteiger partial charge >= 0.3 is 0 Å². The molecule has 2 aliphatic carbocycles. The monoisotopic (exact) mass is 253 g/mol. The van der Waals surface area contributed by atoms with Gasteiger partial charge in [-0.3, -0.25) is 0 Å². The van der Waals surface area contributed by atoms with Crippen molar-refractivity contribution in [3.8, 4) is 0 Å². The summed E-state index contributed by atoms with van der Waals surface area (Å²) in [7, 11) is 1.85. The Bertz CT molecular complexity index is 215. The van der Waals surface area contributed by atoms with E-state index in [0.29, 0.717) is 12.1 Å². The zero-order valence-electron chi connectivity index (χ0n) is 12.3. The third-order valence-electron chi connectivity index (χ3n) is 5.11. The Morgan fingerprint density at radius 2 is 1.50 bits per heavy atom. The molecule has 0 unspecified atom stereocenters. The van der Waals surface area contributed by atoms with E-state index in [1.807, 2.05) is 7.11 Å². The Hall–Kier alpha value is -0.0800. The largest absolute Gasteiger partial charge is 0.381 e. The number of ether oxygens (including phenoxy) is 1. The standard InChI is InChI=1S/C16H31NO/c1-13(14-7-5-3-4-6-8-14)17-15-9-11-16(18-2)12-10-15/h13-17H,3-12H2,1-2H3/t13-,15?,16?/m0/s1. The molecule has 2 fully saturated rings. The minimum absolute atomic E-state index is 0.524. The van der Waals surface area contributed by atoms with Crippen LogP contribution < -0.4 is 5.32 Å². The fourth-order valence-corrected chi connectivity index (χ4v) is 3.78. The first-order valence-electron chi connectivity index (χ1n) is 8.08. The molecule has 2 rings (SSSR count). The van der Waals surface area contributed by atoms with Crippen molar-refractivity contribution in [1.29, 1.82) is 0 Å². The van der Waals surface area contributed by atoms with Crippen molar-refractivity contribution in [3.63, 3.8) is 0 Å². The van der Waals surface area contributed by atoms with Gasteiger partial charge in [-0.05, 0) is 51.4 Å². The van der Waals surface area contributed by atoms with Crippen molar-refractivity contribution in [2.24, 2.45) is 5.92 Å². The van der Waals surface area contributed by atoms with Crippen molar-refractivity contribution in [2.75, 3.05) is 7.11 Å². The SMILES string of the molecule is COC1CCC(N[C@@H](C)C2CCCCCC2)CC1. The molecule has 2 aliphatic rings. The van der Waals surface area contributed by atoms with Gasteiger partial charge in [-0.25, -0.2) is 0 Å². The number of hydrogen-bond acceptors (Lipinski definition) is 2. The van der Waals surface area contributed by atoms with Crippen LogP contribution in [-0.4, -0.2) is 25.3 Å². The maximum atomic E-state index is 5.45. The van der Waals surface area contributed by atoms with Crippen LogP contribution in [-0.2, 0) is 4.74 Å². The zero-order valence-corrected chi connectivity index (χ0v) is 12.3. The van der Waals surface area contributed by atoms with Crippen LogP contribution in [0.5, 0.6) is 0 Å². The quantitative estimate of drug-likeness (QED) is 0.767. The third-order valence-corrected chi connectivity index (χ3v) is 5.11. The van der Waals surface area contributed by atoms with Crippen LogP contribution in [0.3, 0.4) is 0 Å². The highest BCUT2D eigenvalue weighted by molar-refractivity contribution is 4.82. The van der Waals surface area contributed by atoms with Gasteiger partial charge in [0.15, 0.2) is 0 Å². The molecule has 2 heteroatoms. The summed E-state index contributed by atoms with van der Waals surface area (Å²) in [5, 5.41) is 3.91. The Labute approximate surface area is 113 Å². The molecule has 0 aromatic rings. The fraction of sp³-hybridized carbons (Fsp3) is 1.00. The molecule has 2 saturated carbocycles. The normalized spacial score (nSPS) is 33.0. The second kappa shape index (κ2) is 7.49. The van der Waals surface area contributed by atoms with Crippen LogP contribution in [0.15, 0.2) is 0 Å². The molecule has 0 saturated heterocycles. The predicted octanol–water partition coefficient (Wildman–Crippen LogP) is 3.89. The van der Waals surface area contributed by atoms with E-state index >= 15 is 0 Å². The van der Waals surface area contributed by atoms with Gasteiger partial charge in [0.1, 0.15) is 0 Å². The van der Waals surface area contributed by atoms with Crippen LogP contribution in [0, 0.1) is 5.92 Å². The first-order valence-corrected chi connectivity index (χ1v) is 8.08. The third kappa shape index (κ3) is 4.24. The molecule has 1 atom stereocenters. The zero-order chi connectivity index (χ0) is 12.8. The Kier molecular flexibility index (Phi) is 5.97. The van der Waals surface area contributed by atoms with Gasteiger partial charge in [0.2, 0.25) is 0 Å². The van der Waals surface area contributed by atoms with E-state index < -0.39 is 0 Å². The van der Waals surface area contributed by atoms with E-state index in [0.717, 1.165) is 12.0 Å². The summed E-state index contributed by atoms with van der Waals surface area (Å²) in [5.74, 6) is 0.924. The second-order valence-corrected chi connectivity index (χ2v) is 6.42. The van der Waals surface area contributed by atoms with Crippen LogP contribution in [0.4, 0.5) is 0 Å². The van der Waals surface area contributed by atoms with Crippen LogP contribution >= 0.6 is 0 Å². The minimum atomic E-state index is 0.524. The number of nitrogens with one attached hydrogen (secondary N) is 1. The molecule has 0 spiro atoms. The first-order chi connectivity index (χ1) is 8.79. The maximum Gasteiger partial charge on any atom is 0.0572 e. The minimum Gasteiger partial charge on any atom is -0.381 e. The van der Waals surface area contributed by atoms with Crippen molar-refractivity contribution < 1.29 is 4.74 Å². The summed E-state index contributed by atoms with van der Waals surface area (Å²) in [6.07, 6.45) is 14.3. The molecule has 0 aromatic carbocycles. The van der Waals surface area contributed by atoms with Crippen LogP contribution in [0.25, 0.3) is 0 Å². The molecule has 0 radical (unpaired) electrons. The first kappa shape index (κ1) is 14.3. The molecular formula is C16H31NO. The molecule has 0 aromatic heterocycles. The van der Waals surface area contributed by atoms with E-state index in [4.69, 9.17) is 4.74 Å². The molecule has 1 N–H and O–H groups in total. The highest BCUT2D eigenvalue weighted by atomic mass is 16.5. The maximum absolute atomic E-state index is 5.45. The predicted molar refractivity (Wildman–Crippen MR) is 76.8 cm³/mol. The summed E-state index contributed by atoms with van der Waals surface area (Å²) in [4.78, 5) is 0. The van der Waals surface area contributed by atoms with E-state index in [-0.39, 0.29) is 0 Å². The Balaban J connectivity index is 1.71. The summed E-state index contributed by atoms with van der Waals surface area (Å²) in [6.45, 7) is 2.42. The highest BCUT2D eigenvalue weighted by Gasteiger charge is 2.25. The molecule has 0 amide bonds. The van der Waals surface area contributed by atoms with E-state index in [9.17, 15) is 0 Å². The van der Waals surface area contributed by atoms with Crippen LogP contribution in [0.1, 0.15) is 71.1 Å². The lowest BCUT2D eigenvalue weighted by molar-refractivity contribution is 0.0601. The van der Waals surface area contributed by atoms with E-state index in [2.05, 4.69) is 12.2 Å². The average Bonchev–Trinajstić information content (AvgIpc) is 2.68. The molecule has 0 aliphatic heterocycles. The fourth-order valence-electron chi connectivity index (χ4n) is 3.78. The Morgan fingerprint density at radius 3 is 2.06 bits per heavy atom.